The number of amides is 3. The molecule has 4 N–H and O–H groups in total. The summed E-state index contributed by atoms with van der Waals surface area (Å²) in [7, 11) is 3.08. The van der Waals surface area contributed by atoms with Gasteiger partial charge in [-0.25, -0.2) is 4.98 Å². The predicted octanol–water partition coefficient (Wildman–Crippen LogP) is 3.03. The zero-order valence-electron chi connectivity index (χ0n) is 23.0. The minimum Gasteiger partial charge on any atom is -0.497 e. The summed E-state index contributed by atoms with van der Waals surface area (Å²) in [6.07, 6.45) is 0.697. The van der Waals surface area contributed by atoms with Crippen molar-refractivity contribution in [1.82, 2.24) is 24.6 Å². The number of nitrogens with two attached hydrogens (primary N) is 1. The molecule has 210 valence electrons. The van der Waals surface area contributed by atoms with Gasteiger partial charge in [-0.1, -0.05) is 12.1 Å². The fraction of sp³-hybridized carbons (Fsp3) is 0.321. The third-order valence-corrected chi connectivity index (χ3v) is 6.41. The Morgan fingerprint density at radius 2 is 1.80 bits per heavy atom. The first-order valence-electron chi connectivity index (χ1n) is 12.9. The Morgan fingerprint density at radius 3 is 2.45 bits per heavy atom. The molecule has 0 bridgehead atoms. The summed E-state index contributed by atoms with van der Waals surface area (Å²) in [6.45, 7) is 4.98. The number of ether oxygens (including phenoxy) is 2. The van der Waals surface area contributed by atoms with Crippen LogP contribution in [0.15, 0.2) is 42.5 Å². The maximum atomic E-state index is 13.2. The van der Waals surface area contributed by atoms with Crippen LogP contribution >= 0.6 is 0 Å². The van der Waals surface area contributed by atoms with Crippen LogP contribution in [0.4, 0.5) is 5.95 Å². The summed E-state index contributed by atoms with van der Waals surface area (Å²) in [4.78, 5) is 42.3. The number of nitrogens with one attached hydrogen (secondary N) is 2. The second kappa shape index (κ2) is 12.3. The number of rotatable bonds is 12. The number of hydrogen-bond donors (Lipinski definition) is 3. The SMILES string of the molecule is CCn1nc(C)cc1C(=O)Nc1nc2cc(C(N)=O)cc(OC)c2n1CCCC(=O)NCc1ccc(OC)cc1. The van der Waals surface area contributed by atoms with E-state index in [1.807, 2.05) is 38.1 Å². The molecule has 0 saturated carbocycles. The number of aryl methyl sites for hydroxylation is 3. The molecule has 0 aliphatic carbocycles. The average Bonchev–Trinajstić information content (AvgIpc) is 3.51. The maximum Gasteiger partial charge on any atom is 0.276 e. The number of carbonyl (C=O) groups is 3. The third-order valence-electron chi connectivity index (χ3n) is 6.41. The number of fused-ring (bicyclic) bond motifs is 1. The van der Waals surface area contributed by atoms with E-state index in [0.29, 0.717) is 54.2 Å². The monoisotopic (exact) mass is 547 g/mol. The Labute approximate surface area is 231 Å². The molecule has 0 radical (unpaired) electrons. The molecule has 40 heavy (non-hydrogen) atoms. The van der Waals surface area contributed by atoms with Crippen LogP contribution in [0.1, 0.15) is 51.9 Å². The summed E-state index contributed by atoms with van der Waals surface area (Å²) in [5.74, 6) is 0.244. The second-order valence-electron chi connectivity index (χ2n) is 9.17. The third kappa shape index (κ3) is 6.22. The highest BCUT2D eigenvalue weighted by Gasteiger charge is 2.21. The Bertz CT molecular complexity index is 1540. The van der Waals surface area contributed by atoms with E-state index < -0.39 is 5.91 Å². The van der Waals surface area contributed by atoms with Crippen LogP contribution in [0.5, 0.6) is 11.5 Å². The van der Waals surface area contributed by atoms with Gasteiger partial charge >= 0.3 is 0 Å². The standard InChI is InChI=1S/C28H33N7O5/c1-5-35-22(13-17(2)33-35)27(38)32-28-31-21-14-19(26(29)37)15-23(40-4)25(21)34(28)12-6-7-24(36)30-16-18-8-10-20(39-3)11-9-18/h8-11,13-15H,5-7,12,16H2,1-4H3,(H2,29,37)(H,30,36)(H,31,32,38). The zero-order valence-corrected chi connectivity index (χ0v) is 23.0. The van der Waals surface area contributed by atoms with Gasteiger partial charge in [0.25, 0.3) is 5.91 Å². The largest absolute Gasteiger partial charge is 0.497 e. The first kappa shape index (κ1) is 28.1. The fourth-order valence-electron chi connectivity index (χ4n) is 4.41. The Morgan fingerprint density at radius 1 is 1.05 bits per heavy atom. The van der Waals surface area contributed by atoms with E-state index in [-0.39, 0.29) is 29.7 Å². The Hall–Kier alpha value is -4.87. The molecule has 3 amide bonds. The van der Waals surface area contributed by atoms with Crippen molar-refractivity contribution in [3.8, 4) is 11.5 Å². The van der Waals surface area contributed by atoms with Crippen LogP contribution in [0.3, 0.4) is 0 Å². The number of imidazole rings is 1. The first-order valence-corrected chi connectivity index (χ1v) is 12.9. The van der Waals surface area contributed by atoms with Crippen molar-refractivity contribution < 1.29 is 23.9 Å². The molecule has 2 aromatic carbocycles. The van der Waals surface area contributed by atoms with E-state index in [0.717, 1.165) is 11.3 Å². The number of benzene rings is 2. The lowest BCUT2D eigenvalue weighted by Crippen LogP contribution is -2.23. The maximum absolute atomic E-state index is 13.2. The number of hydrogen-bond acceptors (Lipinski definition) is 7. The molecular weight excluding hydrogens is 514 g/mol. The number of nitrogens with zero attached hydrogens (tertiary/aromatic N) is 4. The van der Waals surface area contributed by atoms with Crippen LogP contribution in [0.25, 0.3) is 11.0 Å². The van der Waals surface area contributed by atoms with Gasteiger partial charge in [0.05, 0.1) is 25.4 Å². The highest BCUT2D eigenvalue weighted by Crippen LogP contribution is 2.31. The smallest absolute Gasteiger partial charge is 0.276 e. The average molecular weight is 548 g/mol. The van der Waals surface area contributed by atoms with Crippen molar-refractivity contribution in [2.45, 2.75) is 46.3 Å². The van der Waals surface area contributed by atoms with Gasteiger partial charge in [-0.3, -0.25) is 24.4 Å². The molecule has 2 aromatic heterocycles. The Balaban J connectivity index is 1.55. The number of carbonyl (C=O) groups excluding carboxylic acids is 3. The van der Waals surface area contributed by atoms with E-state index in [9.17, 15) is 14.4 Å². The van der Waals surface area contributed by atoms with Crippen LogP contribution in [-0.2, 0) is 24.4 Å². The van der Waals surface area contributed by atoms with Gasteiger partial charge in [0.1, 0.15) is 22.7 Å². The summed E-state index contributed by atoms with van der Waals surface area (Å²) >= 11 is 0. The van der Waals surface area contributed by atoms with Crippen molar-refractivity contribution >= 4 is 34.7 Å². The molecule has 0 aliphatic heterocycles. The van der Waals surface area contributed by atoms with Crippen molar-refractivity contribution in [1.29, 1.82) is 0 Å². The molecule has 0 aliphatic rings. The van der Waals surface area contributed by atoms with Gasteiger partial charge in [0.15, 0.2) is 0 Å². The lowest BCUT2D eigenvalue weighted by Gasteiger charge is -2.13. The van der Waals surface area contributed by atoms with Gasteiger partial charge in [-0.2, -0.15) is 5.10 Å². The molecule has 2 heterocycles. The summed E-state index contributed by atoms with van der Waals surface area (Å²) in [5, 5.41) is 10.1. The molecule has 12 heteroatoms. The van der Waals surface area contributed by atoms with Gasteiger partial charge in [-0.05, 0) is 56.2 Å². The molecular formula is C28H33N7O5. The minimum atomic E-state index is -0.629. The fourth-order valence-corrected chi connectivity index (χ4v) is 4.41. The molecule has 0 spiro atoms. The highest BCUT2D eigenvalue weighted by molar-refractivity contribution is 6.04. The molecule has 0 fully saturated rings. The summed E-state index contributed by atoms with van der Waals surface area (Å²) in [5.41, 5.74) is 8.79. The van der Waals surface area contributed by atoms with Crippen molar-refractivity contribution in [2.75, 3.05) is 19.5 Å². The minimum absolute atomic E-state index is 0.115. The lowest BCUT2D eigenvalue weighted by molar-refractivity contribution is -0.121. The molecule has 0 atom stereocenters. The Kier molecular flexibility index (Phi) is 8.67. The van der Waals surface area contributed by atoms with E-state index >= 15 is 0 Å². The van der Waals surface area contributed by atoms with E-state index in [1.165, 1.54) is 13.2 Å². The van der Waals surface area contributed by atoms with E-state index in [1.54, 1.807) is 28.5 Å². The van der Waals surface area contributed by atoms with E-state index in [4.69, 9.17) is 15.2 Å². The van der Waals surface area contributed by atoms with Crippen molar-refractivity contribution in [2.24, 2.45) is 5.73 Å². The van der Waals surface area contributed by atoms with Crippen molar-refractivity contribution in [3.05, 3.63) is 65.0 Å². The number of anilines is 1. The molecule has 0 unspecified atom stereocenters. The number of methoxy groups -OCH3 is 2. The number of primary amides is 1. The molecule has 4 aromatic rings. The van der Waals surface area contributed by atoms with Crippen LogP contribution < -0.4 is 25.8 Å². The van der Waals surface area contributed by atoms with Crippen LogP contribution in [0, 0.1) is 6.92 Å². The van der Waals surface area contributed by atoms with Gasteiger partial charge in [0.2, 0.25) is 17.8 Å². The quantitative estimate of drug-likeness (QED) is 0.246. The first-order chi connectivity index (χ1) is 19.2. The molecule has 0 saturated heterocycles. The van der Waals surface area contributed by atoms with E-state index in [2.05, 4.69) is 20.7 Å². The molecule has 4 rings (SSSR count). The van der Waals surface area contributed by atoms with Crippen LogP contribution in [-0.4, -0.2) is 51.3 Å². The van der Waals surface area contributed by atoms with Gasteiger partial charge < -0.3 is 25.1 Å². The van der Waals surface area contributed by atoms with Gasteiger partial charge in [0, 0.05) is 31.6 Å². The lowest BCUT2D eigenvalue weighted by atomic mass is 10.1. The molecule has 12 nitrogen and oxygen atoms in total. The number of aromatic nitrogens is 4. The summed E-state index contributed by atoms with van der Waals surface area (Å²) in [6, 6.07) is 12.2. The van der Waals surface area contributed by atoms with Gasteiger partial charge in [-0.15, -0.1) is 0 Å². The predicted molar refractivity (Wildman–Crippen MR) is 149 cm³/mol. The topological polar surface area (TPSA) is 155 Å². The second-order valence-corrected chi connectivity index (χ2v) is 9.17. The normalized spacial score (nSPS) is 10.9. The van der Waals surface area contributed by atoms with Crippen molar-refractivity contribution in [3.63, 3.8) is 0 Å². The highest BCUT2D eigenvalue weighted by atomic mass is 16.5. The van der Waals surface area contributed by atoms with Crippen LogP contribution in [0.2, 0.25) is 0 Å². The summed E-state index contributed by atoms with van der Waals surface area (Å²) < 4.78 is 14.1. The zero-order chi connectivity index (χ0) is 28.8.